The molecular weight excluding hydrogens is 981 g/mol. The molecule has 4 aromatic carbocycles. The maximum atomic E-state index is 6.90. The van der Waals surface area contributed by atoms with Crippen molar-refractivity contribution < 1.29 is 37.9 Å². The molecule has 0 spiro atoms. The molecule has 2 aromatic heterocycles. The predicted octanol–water partition coefficient (Wildman–Crippen LogP) is 9.18. The number of fused-ring (bicyclic) bond motifs is 2. The van der Waals surface area contributed by atoms with Gasteiger partial charge < -0.3 is 70.6 Å². The van der Waals surface area contributed by atoms with Gasteiger partial charge in [-0.15, -0.1) is 0 Å². The first kappa shape index (κ1) is 56.0. The van der Waals surface area contributed by atoms with E-state index in [1.165, 1.54) is 0 Å². The third kappa shape index (κ3) is 16.4. The SMILES string of the molecule is CCCCNc1nc(N)nc(Nc2cc3c(OCCC)c(c2)Cc2cccc4c2OCOCCOCCOCCOCCOc2c(cccc2Cc2cc(Nc5nc(N)nc(NCCCC)n5)cc(c2OCCC)C4)C3)n1. The number of unbranched alkanes of at least 4 members (excludes halogenated alkanes) is 2. The highest BCUT2D eigenvalue weighted by Gasteiger charge is 2.24. The van der Waals surface area contributed by atoms with Gasteiger partial charge in [-0.1, -0.05) is 76.9 Å². The fourth-order valence-corrected chi connectivity index (χ4v) is 9.07. The van der Waals surface area contributed by atoms with Crippen LogP contribution in [0.2, 0.25) is 0 Å². The molecule has 0 saturated carbocycles. The molecule has 77 heavy (non-hydrogen) atoms. The van der Waals surface area contributed by atoms with Crippen LogP contribution in [0, 0.1) is 0 Å². The van der Waals surface area contributed by atoms with Gasteiger partial charge in [0, 0.05) is 72.4 Å². The first-order valence-electron chi connectivity index (χ1n) is 27.2. The lowest BCUT2D eigenvalue weighted by Gasteiger charge is -2.24. The number of hydrogen-bond acceptors (Lipinski definition) is 20. The first-order chi connectivity index (χ1) is 37.8. The maximum Gasteiger partial charge on any atom is 0.233 e. The zero-order valence-electron chi connectivity index (χ0n) is 45.1. The van der Waals surface area contributed by atoms with Crippen molar-refractivity contribution in [3.05, 3.63) is 105 Å². The standard InChI is InChI=1S/C57H76N12O8/c1-5-9-17-60-54-64-52(58)66-56(68-54)62-46-33-42-29-38-13-11-14-39-30-43-34-47(63-57-67-53(59)65-55(69-57)61-18-10-6-2)36-45(51(43)75-20-8-4)32-41-16-12-15-40(31-44(35-46)50(42)74-19-7-3)49(41)77-37-73-26-25-71-22-21-70-23-24-72-27-28-76-48(38)39/h11-16,33-36H,5-10,17-32,37H2,1-4H3,(H4,58,60,62,64,66,68)(H4,59,61,63,65,67,69). The zero-order valence-corrected chi connectivity index (χ0v) is 45.1. The van der Waals surface area contributed by atoms with Crippen LogP contribution in [0.4, 0.5) is 47.1 Å². The minimum Gasteiger partial charge on any atom is -0.493 e. The second kappa shape index (κ2) is 29.3. The average molecular weight is 1060 g/mol. The number of para-hydroxylation sites is 2. The molecule has 2 aliphatic rings. The van der Waals surface area contributed by atoms with Gasteiger partial charge in [-0.05, 0) is 72.2 Å². The number of rotatable bonds is 18. The highest BCUT2D eigenvalue weighted by molar-refractivity contribution is 5.66. The van der Waals surface area contributed by atoms with Crippen LogP contribution in [-0.4, -0.2) is 116 Å². The second-order valence-corrected chi connectivity index (χ2v) is 18.8. The number of nitrogen functional groups attached to an aromatic ring is 2. The van der Waals surface area contributed by atoms with Crippen LogP contribution in [0.1, 0.15) is 111 Å². The molecule has 412 valence electrons. The lowest BCUT2D eigenvalue weighted by molar-refractivity contribution is -0.0316. The summed E-state index contributed by atoms with van der Waals surface area (Å²) in [7, 11) is 0. The van der Waals surface area contributed by atoms with Crippen molar-refractivity contribution in [2.75, 3.05) is 119 Å². The van der Waals surface area contributed by atoms with E-state index < -0.39 is 0 Å². The number of nitrogens with zero attached hydrogens (tertiary/aromatic N) is 6. The Kier molecular flexibility index (Phi) is 21.3. The monoisotopic (exact) mass is 1060 g/mol. The first-order valence-corrected chi connectivity index (χ1v) is 27.2. The Bertz CT molecular complexity index is 2560. The lowest BCUT2D eigenvalue weighted by atomic mass is 9.90. The van der Waals surface area contributed by atoms with Crippen molar-refractivity contribution in [2.24, 2.45) is 0 Å². The van der Waals surface area contributed by atoms with E-state index in [1.54, 1.807) is 0 Å². The van der Waals surface area contributed by atoms with Gasteiger partial charge in [-0.2, -0.15) is 29.9 Å². The summed E-state index contributed by atoms with van der Waals surface area (Å²) in [6.45, 7) is 13.8. The van der Waals surface area contributed by atoms with E-state index in [4.69, 9.17) is 59.3 Å². The maximum absolute atomic E-state index is 6.90. The molecule has 0 saturated heterocycles. The van der Waals surface area contributed by atoms with Crippen LogP contribution in [0.15, 0.2) is 60.7 Å². The molecule has 8 N–H and O–H groups in total. The van der Waals surface area contributed by atoms with Crippen LogP contribution in [0.5, 0.6) is 23.0 Å². The van der Waals surface area contributed by atoms with Crippen LogP contribution in [0.3, 0.4) is 0 Å². The third-order valence-electron chi connectivity index (χ3n) is 12.6. The van der Waals surface area contributed by atoms with E-state index in [2.05, 4.69) is 130 Å². The van der Waals surface area contributed by atoms with Gasteiger partial charge in [0.1, 0.15) is 29.6 Å². The molecule has 10 bridgehead atoms. The molecule has 6 aromatic rings. The van der Waals surface area contributed by atoms with Gasteiger partial charge in [0.25, 0.3) is 0 Å². The summed E-state index contributed by atoms with van der Waals surface area (Å²) in [6.07, 6.45) is 7.24. The van der Waals surface area contributed by atoms with Gasteiger partial charge in [0.15, 0.2) is 6.79 Å². The van der Waals surface area contributed by atoms with E-state index in [0.717, 1.165) is 112 Å². The number of ether oxygens (including phenoxy) is 8. The number of nitrogens with one attached hydrogen (secondary N) is 4. The summed E-state index contributed by atoms with van der Waals surface area (Å²) in [4.78, 5) is 27.2. The quantitative estimate of drug-likeness (QED) is 0.0438. The van der Waals surface area contributed by atoms with Gasteiger partial charge in [-0.25, -0.2) is 0 Å². The molecule has 1 aliphatic carbocycles. The zero-order chi connectivity index (χ0) is 53.6. The van der Waals surface area contributed by atoms with Crippen molar-refractivity contribution in [3.63, 3.8) is 0 Å². The fraction of sp³-hybridized carbons (Fsp3) is 0.474. The number of nitrogens with two attached hydrogens (primary N) is 2. The number of benzene rings is 4. The van der Waals surface area contributed by atoms with E-state index in [-0.39, 0.29) is 25.3 Å². The molecule has 1 aliphatic heterocycles. The molecule has 3 heterocycles. The number of hydrogen-bond donors (Lipinski definition) is 6. The summed E-state index contributed by atoms with van der Waals surface area (Å²) in [5.41, 5.74) is 21.4. The van der Waals surface area contributed by atoms with Crippen molar-refractivity contribution in [2.45, 2.75) is 91.9 Å². The van der Waals surface area contributed by atoms with Gasteiger partial charge in [0.05, 0.1) is 59.5 Å². The van der Waals surface area contributed by atoms with Gasteiger partial charge >= 0.3 is 0 Å². The Hall–Kier alpha value is -7.26. The average Bonchev–Trinajstić information content (AvgIpc) is 3.41. The Morgan fingerprint density at radius 3 is 1.22 bits per heavy atom. The summed E-state index contributed by atoms with van der Waals surface area (Å²) in [5, 5.41) is 13.6. The lowest BCUT2D eigenvalue weighted by Crippen LogP contribution is -2.16. The Labute approximate surface area is 452 Å². The van der Waals surface area contributed by atoms with Crippen LogP contribution in [-0.2, 0) is 44.6 Å². The number of aromatic nitrogens is 6. The fourth-order valence-electron chi connectivity index (χ4n) is 9.07. The molecule has 8 rings (SSSR count). The predicted molar refractivity (Wildman–Crippen MR) is 300 cm³/mol. The molecule has 0 radical (unpaired) electrons. The Morgan fingerprint density at radius 2 is 0.818 bits per heavy atom. The largest absolute Gasteiger partial charge is 0.493 e. The smallest absolute Gasteiger partial charge is 0.233 e. The van der Waals surface area contributed by atoms with Crippen LogP contribution >= 0.6 is 0 Å². The molecule has 0 unspecified atom stereocenters. The van der Waals surface area contributed by atoms with Gasteiger partial charge in [-0.3, -0.25) is 0 Å². The van der Waals surface area contributed by atoms with Crippen molar-refractivity contribution in [3.8, 4) is 23.0 Å². The Balaban J connectivity index is 1.32. The van der Waals surface area contributed by atoms with Crippen molar-refractivity contribution >= 4 is 47.1 Å². The summed E-state index contributed by atoms with van der Waals surface area (Å²) in [5.74, 6) is 4.54. The topological polar surface area (TPSA) is 251 Å². The highest BCUT2D eigenvalue weighted by Crippen LogP contribution is 2.42. The van der Waals surface area contributed by atoms with E-state index in [9.17, 15) is 0 Å². The van der Waals surface area contributed by atoms with Crippen LogP contribution in [0.25, 0.3) is 0 Å². The third-order valence-corrected chi connectivity index (χ3v) is 12.6. The molecular formula is C57H76N12O8. The Morgan fingerprint density at radius 1 is 0.442 bits per heavy atom. The second-order valence-electron chi connectivity index (χ2n) is 18.8. The molecule has 0 amide bonds. The summed E-state index contributed by atoms with van der Waals surface area (Å²) < 4.78 is 51.2. The van der Waals surface area contributed by atoms with E-state index in [0.29, 0.717) is 128 Å². The normalized spacial score (nSPS) is 14.4. The van der Waals surface area contributed by atoms with E-state index in [1.807, 2.05) is 0 Å². The molecule has 20 heteroatoms. The number of anilines is 8. The summed E-state index contributed by atoms with van der Waals surface area (Å²) in [6, 6.07) is 20.9. The highest BCUT2D eigenvalue weighted by atomic mass is 16.7. The molecule has 0 fully saturated rings. The van der Waals surface area contributed by atoms with Gasteiger partial charge in [0.2, 0.25) is 35.7 Å². The minimum atomic E-state index is -0.0262. The summed E-state index contributed by atoms with van der Waals surface area (Å²) >= 11 is 0. The van der Waals surface area contributed by atoms with Crippen LogP contribution < -0.4 is 51.7 Å². The van der Waals surface area contributed by atoms with E-state index >= 15 is 0 Å². The molecule has 0 atom stereocenters. The van der Waals surface area contributed by atoms with Crippen molar-refractivity contribution in [1.82, 2.24) is 29.9 Å². The van der Waals surface area contributed by atoms with Crippen molar-refractivity contribution in [1.29, 1.82) is 0 Å². The molecule has 20 nitrogen and oxygen atoms in total. The minimum absolute atomic E-state index is 0.0262.